The average molecular weight is 1560 g/mol. The molecule has 0 unspecified atom stereocenters. The Morgan fingerprint density at radius 2 is 0.488 bits per heavy atom. The molecule has 26 rings (SSSR count). The van der Waals surface area contributed by atoms with Crippen molar-refractivity contribution in [1.29, 1.82) is 0 Å². The molecule has 4 nitrogen and oxygen atoms in total. The molecule has 0 N–H and O–H groups in total. The van der Waals surface area contributed by atoms with E-state index in [9.17, 15) is 0 Å². The standard InChI is InChI=1S/C42H26O.C41H25NO.C36H22O/c1-2-10-27(11-3-1)30-20-22-39-37(25-30)38-26-32(21-23-40(38)43-39)42-35-16-8-6-14-33(35)41(34-15-7-9-17-36(34)42)31-19-18-28-12-4-5-13-29(28)24-31;1-2-12-27-25-28(21-20-26(27)11-1)38-29-13-3-5-15-31(29)39(32-16-6-4-14-30(32)38)35-23-22-33(36-18-9-10-24-42-36)41-40(35)34-17-7-8-19-37(34)43-41;1-2-13-24-23(11-1)12-9-19-25(24)34-26-14-3-5-16-28(26)35(29-17-6-4-15-27(29)34)31-20-10-22-33-36(31)30-18-7-8-21-32(30)37-33/h1-26H;1-25H;1-22H. The first kappa shape index (κ1) is 70.9. The number of nitrogens with zero attached hydrogens (tertiary/aromatic N) is 1. The number of aromatic nitrogens is 1. The molecule has 0 bridgehead atoms. The molecular weight excluding hydrogens is 1490 g/mol. The van der Waals surface area contributed by atoms with E-state index in [1.54, 1.807) is 0 Å². The van der Waals surface area contributed by atoms with E-state index in [-0.39, 0.29) is 0 Å². The van der Waals surface area contributed by atoms with Gasteiger partial charge < -0.3 is 13.3 Å². The van der Waals surface area contributed by atoms with Gasteiger partial charge in [-0.1, -0.05) is 364 Å². The summed E-state index contributed by atoms with van der Waals surface area (Å²) in [5.74, 6) is 0. The molecule has 22 aromatic carbocycles. The van der Waals surface area contributed by atoms with Crippen LogP contribution in [-0.4, -0.2) is 4.98 Å². The van der Waals surface area contributed by atoms with Crippen molar-refractivity contribution >= 4 is 163 Å². The SMILES string of the molecule is c1ccc(-c2ccc(-c3c4ccccc4c(-c4ccc5ccccc5c4)c4ccccc34)c3c2oc2ccccc23)nc1.c1ccc(-c2ccc3oc4ccc(-c5c6ccccc6c(-c6ccc7ccccc7c6)c6ccccc56)cc4c3c2)cc1.c1ccc2c(-c3c4ccccc4c(-c4cccc5oc6ccccc6c45)c4ccccc34)cccc2c1. The predicted octanol–water partition coefficient (Wildman–Crippen LogP) is 33.9. The van der Waals surface area contributed by atoms with Crippen LogP contribution in [0.3, 0.4) is 0 Å². The van der Waals surface area contributed by atoms with Crippen LogP contribution < -0.4 is 0 Å². The number of para-hydroxylation sites is 2. The molecule has 0 aliphatic heterocycles. The third kappa shape index (κ3) is 11.9. The number of furan rings is 3. The summed E-state index contributed by atoms with van der Waals surface area (Å²) in [7, 11) is 0. The molecule has 4 heterocycles. The van der Waals surface area contributed by atoms with Crippen molar-refractivity contribution < 1.29 is 13.3 Å². The zero-order chi connectivity index (χ0) is 81.0. The monoisotopic (exact) mass is 1560 g/mol. The number of hydrogen-bond donors (Lipinski definition) is 0. The molecule has 26 aromatic rings. The van der Waals surface area contributed by atoms with Gasteiger partial charge in [0.25, 0.3) is 0 Å². The first-order chi connectivity index (χ1) is 61.0. The van der Waals surface area contributed by atoms with Gasteiger partial charge >= 0.3 is 0 Å². The minimum atomic E-state index is 0.865. The van der Waals surface area contributed by atoms with E-state index < -0.39 is 0 Å². The predicted molar refractivity (Wildman–Crippen MR) is 520 cm³/mol. The molecule has 0 fully saturated rings. The van der Waals surface area contributed by atoms with Crippen molar-refractivity contribution in [2.45, 2.75) is 0 Å². The van der Waals surface area contributed by atoms with Crippen molar-refractivity contribution in [2.24, 2.45) is 0 Å². The summed E-state index contributed by atoms with van der Waals surface area (Å²) in [6, 6.07) is 157. The molecule has 4 aromatic heterocycles. The Hall–Kier alpha value is -16.3. The minimum Gasteiger partial charge on any atom is -0.456 e. The van der Waals surface area contributed by atoms with Crippen LogP contribution in [0.2, 0.25) is 0 Å². The third-order valence-electron chi connectivity index (χ3n) is 25.2. The quantitative estimate of drug-likeness (QED) is 0.142. The number of pyridine rings is 1. The topological polar surface area (TPSA) is 52.3 Å². The summed E-state index contributed by atoms with van der Waals surface area (Å²) in [5, 5.41) is 29.3. The fraction of sp³-hybridized carbons (Fsp3) is 0. The van der Waals surface area contributed by atoms with Crippen molar-refractivity contribution in [3.8, 4) is 89.1 Å². The Morgan fingerprint density at radius 3 is 1.00 bits per heavy atom. The maximum absolute atomic E-state index is 6.62. The average Bonchev–Trinajstić information content (AvgIpc) is 1.25. The van der Waals surface area contributed by atoms with E-state index in [2.05, 4.69) is 411 Å². The maximum atomic E-state index is 6.62. The van der Waals surface area contributed by atoms with Crippen LogP contribution in [0.15, 0.2) is 456 Å². The molecule has 0 radical (unpaired) electrons. The van der Waals surface area contributed by atoms with Crippen LogP contribution in [0, 0.1) is 0 Å². The van der Waals surface area contributed by atoms with E-state index in [1.807, 2.05) is 36.5 Å². The largest absolute Gasteiger partial charge is 0.456 e. The Morgan fingerprint density at radius 1 is 0.154 bits per heavy atom. The lowest BCUT2D eigenvalue weighted by atomic mass is 9.84. The molecule has 0 saturated heterocycles. The lowest BCUT2D eigenvalue weighted by Gasteiger charge is -2.19. The Balaban J connectivity index is 0.000000104. The molecule has 0 aliphatic carbocycles. The number of hydrogen-bond acceptors (Lipinski definition) is 4. The first-order valence-corrected chi connectivity index (χ1v) is 42.1. The normalized spacial score (nSPS) is 11.7. The summed E-state index contributed by atoms with van der Waals surface area (Å²) in [4.78, 5) is 4.68. The van der Waals surface area contributed by atoms with E-state index in [0.717, 1.165) is 77.3 Å². The molecule has 0 spiro atoms. The molecule has 0 atom stereocenters. The summed E-state index contributed by atoms with van der Waals surface area (Å²) in [6.45, 7) is 0. The van der Waals surface area contributed by atoms with Gasteiger partial charge in [-0.05, 0) is 248 Å². The van der Waals surface area contributed by atoms with Gasteiger partial charge in [0.2, 0.25) is 0 Å². The van der Waals surface area contributed by atoms with Crippen molar-refractivity contribution in [1.82, 2.24) is 4.98 Å². The van der Waals surface area contributed by atoms with Gasteiger partial charge in [-0.2, -0.15) is 0 Å². The molecule has 572 valence electrons. The lowest BCUT2D eigenvalue weighted by Crippen LogP contribution is -1.92. The van der Waals surface area contributed by atoms with Crippen LogP contribution >= 0.6 is 0 Å². The summed E-state index contributed by atoms with van der Waals surface area (Å²) in [6.07, 6.45) is 1.84. The van der Waals surface area contributed by atoms with Gasteiger partial charge in [0.1, 0.15) is 33.5 Å². The lowest BCUT2D eigenvalue weighted by molar-refractivity contribution is 0.668. The number of benzene rings is 22. The number of fused-ring (bicyclic) bond motifs is 18. The molecule has 0 aliphatic rings. The molecule has 0 amide bonds. The van der Waals surface area contributed by atoms with Crippen LogP contribution in [0.1, 0.15) is 0 Å². The Bertz CT molecular complexity index is 8590. The van der Waals surface area contributed by atoms with E-state index in [4.69, 9.17) is 13.3 Å². The summed E-state index contributed by atoms with van der Waals surface area (Å²) < 4.78 is 19.2. The molecular formula is C119H73NO3. The van der Waals surface area contributed by atoms with E-state index in [1.165, 1.54) is 175 Å². The van der Waals surface area contributed by atoms with Crippen molar-refractivity contribution in [3.05, 3.63) is 443 Å². The fourth-order valence-electron chi connectivity index (χ4n) is 19.8. The van der Waals surface area contributed by atoms with Crippen LogP contribution in [0.4, 0.5) is 0 Å². The first-order valence-electron chi connectivity index (χ1n) is 42.1. The Labute approximate surface area is 708 Å². The van der Waals surface area contributed by atoms with Crippen LogP contribution in [0.25, 0.3) is 252 Å². The van der Waals surface area contributed by atoms with Crippen molar-refractivity contribution in [2.75, 3.05) is 0 Å². The molecule has 0 saturated carbocycles. The highest BCUT2D eigenvalue weighted by molar-refractivity contribution is 6.30. The second-order valence-electron chi connectivity index (χ2n) is 32.0. The smallest absolute Gasteiger partial charge is 0.145 e. The van der Waals surface area contributed by atoms with Gasteiger partial charge in [-0.3, -0.25) is 4.98 Å². The molecule has 4 heteroatoms. The summed E-state index contributed by atoms with van der Waals surface area (Å²) in [5.41, 5.74) is 24.6. The summed E-state index contributed by atoms with van der Waals surface area (Å²) >= 11 is 0. The maximum Gasteiger partial charge on any atom is 0.145 e. The van der Waals surface area contributed by atoms with E-state index in [0.29, 0.717) is 0 Å². The fourth-order valence-corrected chi connectivity index (χ4v) is 19.8. The Kier molecular flexibility index (Phi) is 16.9. The van der Waals surface area contributed by atoms with Gasteiger partial charge in [-0.15, -0.1) is 0 Å². The highest BCUT2D eigenvalue weighted by Gasteiger charge is 2.26. The van der Waals surface area contributed by atoms with Crippen LogP contribution in [0.5, 0.6) is 0 Å². The van der Waals surface area contributed by atoms with Gasteiger partial charge in [0.15, 0.2) is 0 Å². The van der Waals surface area contributed by atoms with Crippen molar-refractivity contribution in [3.63, 3.8) is 0 Å². The van der Waals surface area contributed by atoms with Gasteiger partial charge in [-0.25, -0.2) is 0 Å². The van der Waals surface area contributed by atoms with Gasteiger partial charge in [0.05, 0.1) is 5.69 Å². The zero-order valence-electron chi connectivity index (χ0n) is 66.8. The molecule has 123 heavy (non-hydrogen) atoms. The van der Waals surface area contributed by atoms with E-state index >= 15 is 0 Å². The second-order valence-corrected chi connectivity index (χ2v) is 32.0. The zero-order valence-corrected chi connectivity index (χ0v) is 66.8. The third-order valence-corrected chi connectivity index (χ3v) is 25.2. The highest BCUT2D eigenvalue weighted by atomic mass is 16.3. The minimum absolute atomic E-state index is 0.865. The second kappa shape index (κ2) is 29.4. The van der Waals surface area contributed by atoms with Crippen LogP contribution in [-0.2, 0) is 0 Å². The highest BCUT2D eigenvalue weighted by Crippen LogP contribution is 2.53. The number of rotatable bonds is 8. The van der Waals surface area contributed by atoms with Gasteiger partial charge in [0, 0.05) is 44.1 Å².